The minimum Gasteiger partial charge on any atom is -0.256 e. The van der Waals surface area contributed by atoms with Crippen LogP contribution in [0.5, 0.6) is 0 Å². The molecule has 9 aromatic rings. The maximum Gasteiger partial charge on any atom is 0.164 e. The lowest BCUT2D eigenvalue weighted by molar-refractivity contribution is 0.660. The minimum absolute atomic E-state index is 0.0242. The van der Waals surface area contributed by atoms with Gasteiger partial charge in [-0.15, -0.1) is 0 Å². The van der Waals surface area contributed by atoms with E-state index in [9.17, 15) is 0 Å². The summed E-state index contributed by atoms with van der Waals surface area (Å²) in [6.07, 6.45) is 3.62. The van der Waals surface area contributed by atoms with Gasteiger partial charge in [0, 0.05) is 45.3 Å². The standard InChI is InChI=1S/C48H33N5/c1-48(2)40-12-4-3-10-39(40)44-38(11-5-13-41(44)48)32-18-14-30(15-19-32)31-16-20-33(21-17-31)45-51-46(36-22-24-42-34(28-36)8-6-26-49-42)53-47(52-45)37-23-25-43-35(29-37)9-7-27-50-43/h3-29H,1-2H3. The second-order valence-electron chi connectivity index (χ2n) is 14.2. The normalized spacial score (nSPS) is 12.9. The lowest BCUT2D eigenvalue weighted by atomic mass is 9.82. The first-order valence-corrected chi connectivity index (χ1v) is 17.9. The molecule has 5 heteroatoms. The highest BCUT2D eigenvalue weighted by Gasteiger charge is 2.36. The van der Waals surface area contributed by atoms with Gasteiger partial charge in [0.05, 0.1) is 11.0 Å². The molecule has 0 unspecified atom stereocenters. The van der Waals surface area contributed by atoms with Crippen molar-refractivity contribution in [3.63, 3.8) is 0 Å². The Balaban J connectivity index is 1.01. The number of benzene rings is 6. The van der Waals surface area contributed by atoms with E-state index in [-0.39, 0.29) is 5.41 Å². The Morgan fingerprint density at radius 3 is 1.45 bits per heavy atom. The van der Waals surface area contributed by atoms with Crippen LogP contribution in [-0.2, 0) is 5.41 Å². The predicted molar refractivity (Wildman–Crippen MR) is 215 cm³/mol. The molecule has 3 heterocycles. The van der Waals surface area contributed by atoms with Gasteiger partial charge in [-0.1, -0.05) is 117 Å². The zero-order valence-electron chi connectivity index (χ0n) is 29.3. The summed E-state index contributed by atoms with van der Waals surface area (Å²) >= 11 is 0. The van der Waals surface area contributed by atoms with Crippen molar-refractivity contribution in [3.8, 4) is 67.5 Å². The molecule has 0 spiro atoms. The van der Waals surface area contributed by atoms with Gasteiger partial charge in [0.2, 0.25) is 0 Å². The van der Waals surface area contributed by atoms with Gasteiger partial charge in [0.15, 0.2) is 17.5 Å². The fourth-order valence-electron chi connectivity index (χ4n) is 7.84. The van der Waals surface area contributed by atoms with E-state index < -0.39 is 0 Å². The summed E-state index contributed by atoms with van der Waals surface area (Å²) in [5, 5.41) is 2.07. The topological polar surface area (TPSA) is 64.5 Å². The summed E-state index contributed by atoms with van der Waals surface area (Å²) in [5.41, 5.74) is 14.8. The van der Waals surface area contributed by atoms with Gasteiger partial charge in [0.1, 0.15) is 0 Å². The van der Waals surface area contributed by atoms with E-state index in [1.165, 1.54) is 33.4 Å². The van der Waals surface area contributed by atoms with Crippen molar-refractivity contribution in [2.45, 2.75) is 19.3 Å². The monoisotopic (exact) mass is 679 g/mol. The molecule has 0 fully saturated rings. The predicted octanol–water partition coefficient (Wildman–Crippen LogP) is 11.6. The van der Waals surface area contributed by atoms with Gasteiger partial charge in [0.25, 0.3) is 0 Å². The lowest BCUT2D eigenvalue weighted by Gasteiger charge is -2.21. The first-order valence-electron chi connectivity index (χ1n) is 17.9. The van der Waals surface area contributed by atoms with Gasteiger partial charge in [-0.25, -0.2) is 15.0 Å². The molecular weight excluding hydrogens is 647 g/mol. The van der Waals surface area contributed by atoms with Gasteiger partial charge in [-0.2, -0.15) is 0 Å². The molecule has 0 bridgehead atoms. The summed E-state index contributed by atoms with van der Waals surface area (Å²) < 4.78 is 0. The van der Waals surface area contributed by atoms with Crippen molar-refractivity contribution in [1.82, 2.24) is 24.9 Å². The molecule has 0 saturated heterocycles. The number of rotatable bonds is 5. The van der Waals surface area contributed by atoms with Gasteiger partial charge in [-0.05, 0) is 93.0 Å². The summed E-state index contributed by atoms with van der Waals surface area (Å²) in [6, 6.07) is 53.3. The second kappa shape index (κ2) is 12.1. The zero-order chi connectivity index (χ0) is 35.5. The first kappa shape index (κ1) is 30.9. The van der Waals surface area contributed by atoms with Crippen molar-refractivity contribution < 1.29 is 0 Å². The average molecular weight is 680 g/mol. The van der Waals surface area contributed by atoms with Crippen LogP contribution in [0.25, 0.3) is 89.4 Å². The Morgan fingerprint density at radius 2 is 0.849 bits per heavy atom. The molecule has 3 aromatic heterocycles. The Bertz CT molecular complexity index is 2760. The molecule has 0 saturated carbocycles. The molecule has 5 nitrogen and oxygen atoms in total. The van der Waals surface area contributed by atoms with Crippen LogP contribution in [0.4, 0.5) is 0 Å². The second-order valence-corrected chi connectivity index (χ2v) is 14.2. The van der Waals surface area contributed by atoms with Crippen LogP contribution in [0.1, 0.15) is 25.0 Å². The fraction of sp³-hybridized carbons (Fsp3) is 0.0625. The van der Waals surface area contributed by atoms with Crippen LogP contribution >= 0.6 is 0 Å². The summed E-state index contributed by atoms with van der Waals surface area (Å²) in [7, 11) is 0. The maximum atomic E-state index is 5.02. The number of hydrogen-bond donors (Lipinski definition) is 0. The van der Waals surface area contributed by atoms with Gasteiger partial charge in [-0.3, -0.25) is 9.97 Å². The molecule has 0 radical (unpaired) electrons. The molecule has 6 aromatic carbocycles. The lowest BCUT2D eigenvalue weighted by Crippen LogP contribution is -2.14. The fourth-order valence-corrected chi connectivity index (χ4v) is 7.84. The van der Waals surface area contributed by atoms with Crippen molar-refractivity contribution >= 4 is 21.8 Å². The van der Waals surface area contributed by atoms with Crippen LogP contribution < -0.4 is 0 Å². The average Bonchev–Trinajstić information content (AvgIpc) is 3.46. The Morgan fingerprint density at radius 1 is 0.377 bits per heavy atom. The molecule has 0 atom stereocenters. The highest BCUT2D eigenvalue weighted by atomic mass is 15.0. The summed E-state index contributed by atoms with van der Waals surface area (Å²) in [4.78, 5) is 24.0. The number of pyridine rings is 2. The van der Waals surface area contributed by atoms with Crippen LogP contribution in [0.15, 0.2) is 164 Å². The molecule has 0 aliphatic heterocycles. The van der Waals surface area contributed by atoms with Crippen LogP contribution in [0.3, 0.4) is 0 Å². The number of fused-ring (bicyclic) bond motifs is 5. The maximum absolute atomic E-state index is 5.02. The smallest absolute Gasteiger partial charge is 0.164 e. The zero-order valence-corrected chi connectivity index (χ0v) is 29.3. The largest absolute Gasteiger partial charge is 0.256 e. The highest BCUT2D eigenvalue weighted by Crippen LogP contribution is 2.52. The van der Waals surface area contributed by atoms with Gasteiger partial charge < -0.3 is 0 Å². The van der Waals surface area contributed by atoms with E-state index in [0.717, 1.165) is 49.6 Å². The van der Waals surface area contributed by atoms with E-state index in [0.29, 0.717) is 17.5 Å². The van der Waals surface area contributed by atoms with Crippen molar-refractivity contribution in [2.24, 2.45) is 0 Å². The Hall–Kier alpha value is -6.85. The molecule has 0 amide bonds. The van der Waals surface area contributed by atoms with Crippen LogP contribution in [0.2, 0.25) is 0 Å². The SMILES string of the molecule is CC1(C)c2ccccc2-c2c(-c3ccc(-c4ccc(-c5nc(-c6ccc7ncccc7c6)nc(-c6ccc7ncccc7c6)n5)cc4)cc3)cccc21. The van der Waals surface area contributed by atoms with Crippen molar-refractivity contribution in [2.75, 3.05) is 0 Å². The van der Waals surface area contributed by atoms with Crippen molar-refractivity contribution in [1.29, 1.82) is 0 Å². The Labute approximate surface area is 307 Å². The van der Waals surface area contributed by atoms with E-state index in [1.54, 1.807) is 0 Å². The molecule has 10 rings (SSSR count). The first-order chi connectivity index (χ1) is 26.0. The molecule has 1 aliphatic carbocycles. The molecule has 53 heavy (non-hydrogen) atoms. The van der Waals surface area contributed by atoms with Gasteiger partial charge >= 0.3 is 0 Å². The minimum atomic E-state index is -0.0242. The van der Waals surface area contributed by atoms with Crippen LogP contribution in [-0.4, -0.2) is 24.9 Å². The number of nitrogens with zero attached hydrogens (tertiary/aromatic N) is 5. The third-order valence-electron chi connectivity index (χ3n) is 10.6. The third kappa shape index (κ3) is 5.28. The van der Waals surface area contributed by atoms with E-state index in [4.69, 9.17) is 15.0 Å². The van der Waals surface area contributed by atoms with E-state index >= 15 is 0 Å². The molecular formula is C48H33N5. The Kier molecular flexibility index (Phi) is 7.08. The molecule has 250 valence electrons. The number of hydrogen-bond acceptors (Lipinski definition) is 5. The quantitative estimate of drug-likeness (QED) is 0.181. The van der Waals surface area contributed by atoms with E-state index in [1.807, 2.05) is 48.8 Å². The van der Waals surface area contributed by atoms with E-state index in [2.05, 4.69) is 139 Å². The van der Waals surface area contributed by atoms with Crippen LogP contribution in [0, 0.1) is 0 Å². The molecule has 1 aliphatic rings. The molecule has 0 N–H and O–H groups in total. The highest BCUT2D eigenvalue weighted by molar-refractivity contribution is 5.93. The van der Waals surface area contributed by atoms with Crippen molar-refractivity contribution in [3.05, 3.63) is 175 Å². The summed E-state index contributed by atoms with van der Waals surface area (Å²) in [6.45, 7) is 4.66. The summed E-state index contributed by atoms with van der Waals surface area (Å²) in [5.74, 6) is 1.84. The third-order valence-corrected chi connectivity index (χ3v) is 10.6. The number of aromatic nitrogens is 5.